The van der Waals surface area contributed by atoms with E-state index < -0.39 is 6.10 Å². The van der Waals surface area contributed by atoms with Crippen molar-refractivity contribution in [3.63, 3.8) is 0 Å². The lowest BCUT2D eigenvalue weighted by Crippen LogP contribution is -2.10. The Morgan fingerprint density at radius 3 is 2.72 bits per heavy atom. The molecule has 0 fully saturated rings. The monoisotopic (exact) mass is 392 g/mol. The molecule has 3 nitrogen and oxygen atoms in total. The van der Waals surface area contributed by atoms with Gasteiger partial charge in [-0.1, -0.05) is 33.6 Å². The van der Waals surface area contributed by atoms with Crippen molar-refractivity contribution in [2.24, 2.45) is 0 Å². The van der Waals surface area contributed by atoms with E-state index in [1.807, 2.05) is 6.92 Å². The molecule has 1 unspecified atom stereocenters. The highest BCUT2D eigenvalue weighted by Crippen LogP contribution is 2.33. The smallest absolute Gasteiger partial charge is 0.123 e. The van der Waals surface area contributed by atoms with Crippen molar-refractivity contribution >= 4 is 43.5 Å². The van der Waals surface area contributed by atoms with E-state index in [1.165, 1.54) is 0 Å². The van der Waals surface area contributed by atoms with Crippen LogP contribution in [0.4, 0.5) is 0 Å². The Morgan fingerprint density at radius 2 is 2.11 bits per heavy atom. The number of hydrogen-bond acceptors (Lipinski definition) is 2. The Labute approximate surface area is 127 Å². The Hall–Kier alpha value is -0.360. The molecule has 0 spiro atoms. The van der Waals surface area contributed by atoms with Crippen LogP contribution < -0.4 is 0 Å². The van der Waals surface area contributed by atoms with Crippen LogP contribution in [-0.4, -0.2) is 14.9 Å². The van der Waals surface area contributed by atoms with Crippen LogP contribution in [0.1, 0.15) is 24.3 Å². The van der Waals surface area contributed by atoms with Gasteiger partial charge in [0.05, 0.1) is 16.4 Å². The SMILES string of the molecule is CCn1ncc(Br)c1C(O)c1ccc(Cl)cc1Br. The van der Waals surface area contributed by atoms with Gasteiger partial charge >= 0.3 is 0 Å². The summed E-state index contributed by atoms with van der Waals surface area (Å²) in [6.07, 6.45) is 0.930. The van der Waals surface area contributed by atoms with Crippen LogP contribution >= 0.6 is 43.5 Å². The fourth-order valence-corrected chi connectivity index (χ4v) is 3.18. The molecule has 0 saturated carbocycles. The maximum absolute atomic E-state index is 10.5. The zero-order chi connectivity index (χ0) is 13.3. The van der Waals surface area contributed by atoms with Crippen molar-refractivity contribution < 1.29 is 5.11 Å². The average Bonchev–Trinajstić information content (AvgIpc) is 2.69. The first-order chi connectivity index (χ1) is 8.54. The summed E-state index contributed by atoms with van der Waals surface area (Å²) in [5.74, 6) is 0. The zero-order valence-corrected chi connectivity index (χ0v) is 13.5. The molecule has 2 aromatic rings. The molecule has 0 bridgehead atoms. The number of aromatic nitrogens is 2. The van der Waals surface area contributed by atoms with Crippen molar-refractivity contribution in [2.75, 3.05) is 0 Å². The third-order valence-electron chi connectivity index (χ3n) is 2.65. The Kier molecular flexibility index (Phi) is 4.48. The molecule has 1 aromatic carbocycles. The van der Waals surface area contributed by atoms with Crippen molar-refractivity contribution in [2.45, 2.75) is 19.6 Å². The number of aliphatic hydroxyl groups is 1. The molecule has 2 rings (SSSR count). The van der Waals surface area contributed by atoms with Crippen molar-refractivity contribution in [1.82, 2.24) is 9.78 Å². The largest absolute Gasteiger partial charge is 0.382 e. The van der Waals surface area contributed by atoms with E-state index in [0.717, 1.165) is 20.2 Å². The van der Waals surface area contributed by atoms with Crippen LogP contribution in [0.2, 0.25) is 5.02 Å². The van der Waals surface area contributed by atoms with Gasteiger partial charge in [0.2, 0.25) is 0 Å². The van der Waals surface area contributed by atoms with E-state index in [1.54, 1.807) is 29.1 Å². The summed E-state index contributed by atoms with van der Waals surface area (Å²) in [4.78, 5) is 0. The fourth-order valence-electron chi connectivity index (χ4n) is 1.77. The molecule has 1 N–H and O–H groups in total. The van der Waals surface area contributed by atoms with Crippen LogP contribution in [0, 0.1) is 0 Å². The summed E-state index contributed by atoms with van der Waals surface area (Å²) >= 11 is 12.7. The molecule has 96 valence electrons. The summed E-state index contributed by atoms with van der Waals surface area (Å²) in [6.45, 7) is 2.68. The highest BCUT2D eigenvalue weighted by molar-refractivity contribution is 9.10. The molecule has 0 aliphatic carbocycles. The standard InChI is InChI=1S/C12H11Br2ClN2O/c1-2-17-11(10(14)6-16-17)12(18)8-4-3-7(15)5-9(8)13/h3-6,12,18H,2H2,1H3. The fraction of sp³-hybridized carbons (Fsp3) is 0.250. The molecular formula is C12H11Br2ClN2O. The quantitative estimate of drug-likeness (QED) is 0.849. The van der Waals surface area contributed by atoms with E-state index in [4.69, 9.17) is 11.6 Å². The molecule has 0 radical (unpaired) electrons. The van der Waals surface area contributed by atoms with Crippen LogP contribution in [-0.2, 0) is 6.54 Å². The minimum Gasteiger partial charge on any atom is -0.382 e. The van der Waals surface area contributed by atoms with Crippen LogP contribution in [0.15, 0.2) is 33.3 Å². The van der Waals surface area contributed by atoms with Gasteiger partial charge in [-0.2, -0.15) is 5.10 Å². The predicted molar refractivity (Wildman–Crippen MR) is 78.8 cm³/mol. The second kappa shape index (κ2) is 5.74. The normalized spacial score (nSPS) is 12.7. The number of aliphatic hydroxyl groups excluding tert-OH is 1. The molecular weight excluding hydrogens is 383 g/mol. The number of nitrogens with zero attached hydrogens (tertiary/aromatic N) is 2. The van der Waals surface area contributed by atoms with E-state index in [-0.39, 0.29) is 0 Å². The summed E-state index contributed by atoms with van der Waals surface area (Å²) in [6, 6.07) is 5.32. The van der Waals surface area contributed by atoms with E-state index in [2.05, 4.69) is 37.0 Å². The topological polar surface area (TPSA) is 38.0 Å². The highest BCUT2D eigenvalue weighted by Gasteiger charge is 2.21. The minimum absolute atomic E-state index is 0.626. The van der Waals surface area contributed by atoms with Gasteiger partial charge in [-0.05, 0) is 35.0 Å². The first-order valence-electron chi connectivity index (χ1n) is 5.38. The zero-order valence-electron chi connectivity index (χ0n) is 9.57. The van der Waals surface area contributed by atoms with Gasteiger partial charge in [-0.3, -0.25) is 4.68 Å². The van der Waals surface area contributed by atoms with Crippen LogP contribution in [0.5, 0.6) is 0 Å². The lowest BCUT2D eigenvalue weighted by atomic mass is 10.1. The van der Waals surface area contributed by atoms with Gasteiger partial charge in [-0.15, -0.1) is 0 Å². The van der Waals surface area contributed by atoms with Gasteiger partial charge in [0.15, 0.2) is 0 Å². The summed E-state index contributed by atoms with van der Waals surface area (Å²) < 4.78 is 3.33. The van der Waals surface area contributed by atoms with Crippen molar-refractivity contribution in [1.29, 1.82) is 0 Å². The number of benzene rings is 1. The van der Waals surface area contributed by atoms with Gasteiger partial charge < -0.3 is 5.11 Å². The van der Waals surface area contributed by atoms with Crippen LogP contribution in [0.25, 0.3) is 0 Å². The number of halogens is 3. The van der Waals surface area contributed by atoms with Gasteiger partial charge in [0, 0.05) is 21.6 Å². The molecule has 0 saturated heterocycles. The predicted octanol–water partition coefficient (Wildman–Crippen LogP) is 4.16. The first kappa shape index (κ1) is 14.1. The average molecular weight is 394 g/mol. The molecule has 1 aromatic heterocycles. The van der Waals surface area contributed by atoms with Crippen molar-refractivity contribution in [3.8, 4) is 0 Å². The number of aryl methyl sites for hydroxylation is 1. The molecule has 1 heterocycles. The lowest BCUT2D eigenvalue weighted by Gasteiger charge is -2.15. The third-order valence-corrected chi connectivity index (χ3v) is 4.18. The third kappa shape index (κ3) is 2.64. The summed E-state index contributed by atoms with van der Waals surface area (Å²) in [5.41, 5.74) is 1.50. The van der Waals surface area contributed by atoms with Gasteiger partial charge in [0.25, 0.3) is 0 Å². The Morgan fingerprint density at radius 1 is 1.39 bits per heavy atom. The maximum atomic E-state index is 10.5. The molecule has 1 atom stereocenters. The maximum Gasteiger partial charge on any atom is 0.123 e. The summed E-state index contributed by atoms with van der Waals surface area (Å²) in [7, 11) is 0. The Balaban J connectivity index is 2.47. The minimum atomic E-state index is -0.756. The summed E-state index contributed by atoms with van der Waals surface area (Å²) in [5, 5.41) is 15.3. The number of rotatable bonds is 3. The molecule has 0 aliphatic rings. The van der Waals surface area contributed by atoms with E-state index in [0.29, 0.717) is 11.6 Å². The molecule has 0 aliphatic heterocycles. The second-order valence-electron chi connectivity index (χ2n) is 3.76. The van der Waals surface area contributed by atoms with Crippen molar-refractivity contribution in [3.05, 3.63) is 49.6 Å². The van der Waals surface area contributed by atoms with Crippen LogP contribution in [0.3, 0.4) is 0 Å². The van der Waals surface area contributed by atoms with E-state index >= 15 is 0 Å². The van der Waals surface area contributed by atoms with Gasteiger partial charge in [-0.25, -0.2) is 0 Å². The van der Waals surface area contributed by atoms with Gasteiger partial charge in [0.1, 0.15) is 6.10 Å². The second-order valence-corrected chi connectivity index (χ2v) is 5.91. The molecule has 0 amide bonds. The molecule has 18 heavy (non-hydrogen) atoms. The lowest BCUT2D eigenvalue weighted by molar-refractivity contribution is 0.206. The van der Waals surface area contributed by atoms with E-state index in [9.17, 15) is 5.11 Å². The molecule has 6 heteroatoms. The number of hydrogen-bond donors (Lipinski definition) is 1. The first-order valence-corrected chi connectivity index (χ1v) is 7.35. The highest BCUT2D eigenvalue weighted by atomic mass is 79.9. The Bertz CT molecular complexity index is 571.